The summed E-state index contributed by atoms with van der Waals surface area (Å²) in [5.74, 6) is -0.333. The Balaban J connectivity index is 0. The van der Waals surface area contributed by atoms with Crippen molar-refractivity contribution in [3.8, 4) is 0 Å². The van der Waals surface area contributed by atoms with Crippen LogP contribution in [0.4, 0.5) is 0 Å². The fourth-order valence-corrected chi connectivity index (χ4v) is 0. The Morgan fingerprint density at radius 2 is 1.40 bits per heavy atom. The molecule has 4 heteroatoms. The van der Waals surface area contributed by atoms with Crippen molar-refractivity contribution in [2.75, 3.05) is 0 Å². The van der Waals surface area contributed by atoms with E-state index in [1.165, 1.54) is 0 Å². The second kappa shape index (κ2) is 3.56. The quantitative estimate of drug-likeness (QED) is 0.211. The van der Waals surface area contributed by atoms with E-state index in [4.69, 9.17) is 5.41 Å². The molecule has 0 aliphatic heterocycles. The van der Waals surface area contributed by atoms with Gasteiger partial charge in [-0.05, 0) is 0 Å². The monoisotopic (exact) mass is 94.0 g/mol. The Morgan fingerprint density at radius 1 is 1.40 bits per heavy atom. The van der Waals surface area contributed by atoms with Gasteiger partial charge >= 0.3 is 0 Å². The first kappa shape index (κ1) is 8.82. The Hall–Kier alpha value is -0.440. The maximum atomic E-state index is 6.06. The molecular formula is CH5ClN3-. The van der Waals surface area contributed by atoms with Crippen LogP contribution < -0.4 is 23.9 Å². The van der Waals surface area contributed by atoms with E-state index in [0.717, 1.165) is 0 Å². The van der Waals surface area contributed by atoms with Crippen molar-refractivity contribution >= 4 is 5.96 Å². The highest BCUT2D eigenvalue weighted by Gasteiger charge is 1.52. The number of hydrogen-bond acceptors (Lipinski definition) is 1. The molecule has 0 saturated carbocycles. The summed E-state index contributed by atoms with van der Waals surface area (Å²) in [6.07, 6.45) is 0. The molecule has 0 aromatic carbocycles. The Bertz CT molecular complexity index is 29.9. The first-order valence-corrected chi connectivity index (χ1v) is 0.827. The number of guanidine groups is 1. The normalized spacial score (nSPS) is 4.80. The van der Waals surface area contributed by atoms with Crippen molar-refractivity contribution in [2.24, 2.45) is 11.5 Å². The minimum Gasteiger partial charge on any atom is -1.00 e. The minimum atomic E-state index is -0.333. The zero-order valence-corrected chi connectivity index (χ0v) is 3.29. The highest BCUT2D eigenvalue weighted by Crippen LogP contribution is 1.13. The maximum absolute atomic E-state index is 6.06. The third kappa shape index (κ3) is 44.8. The van der Waals surface area contributed by atoms with E-state index in [-0.39, 0.29) is 18.4 Å². The summed E-state index contributed by atoms with van der Waals surface area (Å²) in [7, 11) is 0. The third-order valence-electron chi connectivity index (χ3n) is 0. The van der Waals surface area contributed by atoms with Gasteiger partial charge in [-0.1, -0.05) is 0 Å². The lowest BCUT2D eigenvalue weighted by Crippen LogP contribution is -3.00. The molecule has 0 saturated heterocycles. The lowest BCUT2D eigenvalue weighted by molar-refractivity contribution is -0.00000147. The average Bonchev–Trinajstić information content (AvgIpc) is 0.811. The van der Waals surface area contributed by atoms with Crippen LogP contribution in [0.2, 0.25) is 0 Å². The molecule has 0 spiro atoms. The largest absolute Gasteiger partial charge is 1.00 e. The van der Waals surface area contributed by atoms with E-state index in [1.807, 2.05) is 0 Å². The molecule has 0 fully saturated rings. The molecule has 0 aliphatic rings. The standard InChI is InChI=1S/CH5N3.ClH/c2-1(3)4;/h(H5,2,3,4);1H/p-1. The molecule has 0 radical (unpaired) electrons. The topological polar surface area (TPSA) is 75.9 Å². The van der Waals surface area contributed by atoms with Crippen molar-refractivity contribution in [2.45, 2.75) is 0 Å². The number of nitrogens with two attached hydrogens (primary N) is 2. The lowest BCUT2D eigenvalue weighted by atomic mass is 11.1. The number of rotatable bonds is 0. The first-order chi connectivity index (χ1) is 1.73. The number of hydrogen-bond donors (Lipinski definition) is 3. The fourth-order valence-electron chi connectivity index (χ4n) is 0. The molecule has 5 heavy (non-hydrogen) atoms. The SMILES string of the molecule is N=C(N)N.[Cl-]. The van der Waals surface area contributed by atoms with Gasteiger partial charge in [0, 0.05) is 0 Å². The van der Waals surface area contributed by atoms with Gasteiger partial charge in [-0.15, -0.1) is 0 Å². The predicted octanol–water partition coefficient (Wildman–Crippen LogP) is -4.16. The van der Waals surface area contributed by atoms with Gasteiger partial charge in [0.15, 0.2) is 5.96 Å². The van der Waals surface area contributed by atoms with Crippen LogP contribution in [-0.2, 0) is 0 Å². The van der Waals surface area contributed by atoms with E-state index < -0.39 is 0 Å². The molecule has 0 aromatic rings. The van der Waals surface area contributed by atoms with Crippen molar-refractivity contribution in [3.63, 3.8) is 0 Å². The molecule has 5 N–H and O–H groups in total. The highest BCUT2D eigenvalue weighted by molar-refractivity contribution is 5.71. The van der Waals surface area contributed by atoms with Crippen LogP contribution in [-0.4, -0.2) is 5.96 Å². The van der Waals surface area contributed by atoms with Gasteiger partial charge < -0.3 is 23.9 Å². The van der Waals surface area contributed by atoms with E-state index in [1.54, 1.807) is 0 Å². The van der Waals surface area contributed by atoms with E-state index in [2.05, 4.69) is 11.5 Å². The average molecular weight is 94.5 g/mol. The smallest absolute Gasteiger partial charge is 0.183 e. The van der Waals surface area contributed by atoms with Crippen molar-refractivity contribution < 1.29 is 12.4 Å². The number of nitrogens with one attached hydrogen (secondary N) is 1. The van der Waals surface area contributed by atoms with E-state index >= 15 is 0 Å². The van der Waals surface area contributed by atoms with Gasteiger partial charge in [-0.25, -0.2) is 0 Å². The van der Waals surface area contributed by atoms with Crippen molar-refractivity contribution in [3.05, 3.63) is 0 Å². The summed E-state index contributed by atoms with van der Waals surface area (Å²) >= 11 is 0. The molecule has 0 aromatic heterocycles. The first-order valence-electron chi connectivity index (χ1n) is 0.827. The van der Waals surface area contributed by atoms with Crippen LogP contribution in [0.5, 0.6) is 0 Å². The van der Waals surface area contributed by atoms with Gasteiger partial charge in [0.25, 0.3) is 0 Å². The Labute approximate surface area is 36.3 Å². The van der Waals surface area contributed by atoms with Crippen LogP contribution in [0.25, 0.3) is 0 Å². The van der Waals surface area contributed by atoms with Gasteiger partial charge in [0.1, 0.15) is 0 Å². The fraction of sp³-hybridized carbons (Fsp3) is 0. The lowest BCUT2D eigenvalue weighted by Gasteiger charge is -1.69. The summed E-state index contributed by atoms with van der Waals surface area (Å²) in [5.41, 5.74) is 8.94. The molecular weight excluding hydrogens is 89.5 g/mol. The molecule has 0 atom stereocenters. The highest BCUT2D eigenvalue weighted by atomic mass is 35.5. The molecule has 0 amide bonds. The zero-order valence-electron chi connectivity index (χ0n) is 2.53. The van der Waals surface area contributed by atoms with Crippen LogP contribution in [0.1, 0.15) is 0 Å². The number of halogens is 1. The summed E-state index contributed by atoms with van der Waals surface area (Å²) in [5, 5.41) is 6.06. The van der Waals surface area contributed by atoms with Crippen LogP contribution in [0.3, 0.4) is 0 Å². The van der Waals surface area contributed by atoms with Crippen molar-refractivity contribution in [1.82, 2.24) is 0 Å². The molecule has 0 unspecified atom stereocenters. The predicted molar refractivity (Wildman–Crippen MR) is 16.1 cm³/mol. The van der Waals surface area contributed by atoms with E-state index in [0.29, 0.717) is 0 Å². The Morgan fingerprint density at radius 3 is 1.40 bits per heavy atom. The van der Waals surface area contributed by atoms with Crippen LogP contribution in [0, 0.1) is 5.41 Å². The van der Waals surface area contributed by atoms with Gasteiger partial charge in [0.2, 0.25) is 0 Å². The Kier molecular flexibility index (Phi) is 6.28. The zero-order chi connectivity index (χ0) is 3.58. The second-order valence-electron chi connectivity index (χ2n) is 0.455. The summed E-state index contributed by atoms with van der Waals surface area (Å²) in [4.78, 5) is 0. The van der Waals surface area contributed by atoms with Gasteiger partial charge in [-0.2, -0.15) is 0 Å². The minimum absolute atomic E-state index is 0. The molecule has 3 nitrogen and oxygen atoms in total. The summed E-state index contributed by atoms with van der Waals surface area (Å²) < 4.78 is 0. The maximum Gasteiger partial charge on any atom is 0.183 e. The van der Waals surface area contributed by atoms with Crippen LogP contribution in [0.15, 0.2) is 0 Å². The van der Waals surface area contributed by atoms with Crippen molar-refractivity contribution in [1.29, 1.82) is 5.41 Å². The third-order valence-corrected chi connectivity index (χ3v) is 0. The molecule has 0 aliphatic carbocycles. The molecule has 0 rings (SSSR count). The molecule has 0 bridgehead atoms. The molecule has 0 heterocycles. The summed E-state index contributed by atoms with van der Waals surface area (Å²) in [6.45, 7) is 0. The van der Waals surface area contributed by atoms with Crippen LogP contribution >= 0.6 is 0 Å². The summed E-state index contributed by atoms with van der Waals surface area (Å²) in [6, 6.07) is 0. The van der Waals surface area contributed by atoms with Gasteiger partial charge in [0.05, 0.1) is 0 Å². The molecule has 32 valence electrons. The second-order valence-corrected chi connectivity index (χ2v) is 0.455. The van der Waals surface area contributed by atoms with E-state index in [9.17, 15) is 0 Å². The van der Waals surface area contributed by atoms with Gasteiger partial charge in [-0.3, -0.25) is 5.41 Å².